The number of rotatable bonds is 5. The molecule has 0 heterocycles. The molecule has 4 heteroatoms. The van der Waals surface area contributed by atoms with E-state index >= 15 is 0 Å². The van der Waals surface area contributed by atoms with E-state index in [1.165, 1.54) is 0 Å². The lowest BCUT2D eigenvalue weighted by atomic mass is 10.1. The Kier molecular flexibility index (Phi) is 4.93. The van der Waals surface area contributed by atoms with Crippen LogP contribution in [0.15, 0.2) is 53.4 Å². The van der Waals surface area contributed by atoms with Crippen molar-refractivity contribution >= 4 is 10.8 Å². The van der Waals surface area contributed by atoms with Crippen molar-refractivity contribution in [3.05, 3.63) is 59.7 Å². The Morgan fingerprint density at radius 2 is 1.90 bits per heavy atom. The third-order valence-corrected chi connectivity index (χ3v) is 4.58. The Morgan fingerprint density at radius 3 is 2.55 bits per heavy atom. The van der Waals surface area contributed by atoms with Gasteiger partial charge in [0.05, 0.1) is 17.9 Å². The quantitative estimate of drug-likeness (QED) is 0.921. The predicted octanol–water partition coefficient (Wildman–Crippen LogP) is 2.81. The molecule has 0 bridgehead atoms. The van der Waals surface area contributed by atoms with Crippen molar-refractivity contribution in [3.8, 4) is 5.75 Å². The van der Waals surface area contributed by atoms with Crippen LogP contribution < -0.4 is 10.5 Å². The Balaban J connectivity index is 2.18. The SMILES string of the molecule is COc1ccc(C)cc1C(N)CS(=O)c1ccccc1. The lowest BCUT2D eigenvalue weighted by Crippen LogP contribution is -2.19. The van der Waals surface area contributed by atoms with Gasteiger partial charge in [0.25, 0.3) is 0 Å². The summed E-state index contributed by atoms with van der Waals surface area (Å²) in [7, 11) is 0.509. The molecule has 2 aromatic carbocycles. The van der Waals surface area contributed by atoms with Gasteiger partial charge in [0.2, 0.25) is 0 Å². The molecule has 0 amide bonds. The molecule has 106 valence electrons. The van der Waals surface area contributed by atoms with Gasteiger partial charge in [0.1, 0.15) is 5.75 Å². The highest BCUT2D eigenvalue weighted by Gasteiger charge is 2.16. The summed E-state index contributed by atoms with van der Waals surface area (Å²) in [5.74, 6) is 1.12. The van der Waals surface area contributed by atoms with Gasteiger partial charge >= 0.3 is 0 Å². The van der Waals surface area contributed by atoms with Crippen LogP contribution in [0.3, 0.4) is 0 Å². The van der Waals surface area contributed by atoms with Gasteiger partial charge in [-0.25, -0.2) is 0 Å². The van der Waals surface area contributed by atoms with Gasteiger partial charge in [0.15, 0.2) is 0 Å². The van der Waals surface area contributed by atoms with Crippen molar-refractivity contribution < 1.29 is 8.95 Å². The molecule has 2 aromatic rings. The van der Waals surface area contributed by atoms with Gasteiger partial charge in [-0.3, -0.25) is 4.21 Å². The molecule has 2 N–H and O–H groups in total. The van der Waals surface area contributed by atoms with E-state index in [0.717, 1.165) is 21.8 Å². The standard InChI is InChI=1S/C16H19NO2S/c1-12-8-9-16(19-2)14(10-12)15(17)11-20(18)13-6-4-3-5-7-13/h3-10,15H,11,17H2,1-2H3. The number of hydrogen-bond donors (Lipinski definition) is 1. The summed E-state index contributed by atoms with van der Waals surface area (Å²) < 4.78 is 17.6. The molecule has 2 rings (SSSR count). The zero-order valence-electron chi connectivity index (χ0n) is 11.7. The van der Waals surface area contributed by atoms with Crippen molar-refractivity contribution in [2.75, 3.05) is 12.9 Å². The molecule has 0 saturated carbocycles. The highest BCUT2D eigenvalue weighted by atomic mass is 32.2. The second-order valence-electron chi connectivity index (χ2n) is 4.68. The molecular formula is C16H19NO2S. The van der Waals surface area contributed by atoms with Crippen molar-refractivity contribution in [2.24, 2.45) is 5.73 Å². The second-order valence-corrected chi connectivity index (χ2v) is 6.17. The highest BCUT2D eigenvalue weighted by molar-refractivity contribution is 7.85. The van der Waals surface area contributed by atoms with Gasteiger partial charge in [-0.2, -0.15) is 0 Å². The second kappa shape index (κ2) is 6.68. The van der Waals surface area contributed by atoms with E-state index in [9.17, 15) is 4.21 Å². The first kappa shape index (κ1) is 14.8. The van der Waals surface area contributed by atoms with Gasteiger partial charge in [-0.05, 0) is 25.1 Å². The van der Waals surface area contributed by atoms with Crippen molar-refractivity contribution in [2.45, 2.75) is 17.9 Å². The minimum atomic E-state index is -1.11. The van der Waals surface area contributed by atoms with Crippen LogP contribution in [-0.4, -0.2) is 17.1 Å². The monoisotopic (exact) mass is 289 g/mol. The number of ether oxygens (including phenoxy) is 1. The van der Waals surface area contributed by atoms with Crippen LogP contribution in [0.5, 0.6) is 5.75 Å². The molecule has 2 unspecified atom stereocenters. The zero-order valence-corrected chi connectivity index (χ0v) is 12.5. The summed E-state index contributed by atoms with van der Waals surface area (Å²) in [4.78, 5) is 0.801. The molecule has 0 saturated heterocycles. The molecule has 0 spiro atoms. The minimum Gasteiger partial charge on any atom is -0.496 e. The molecule has 20 heavy (non-hydrogen) atoms. The molecule has 0 aliphatic carbocycles. The zero-order chi connectivity index (χ0) is 14.5. The topological polar surface area (TPSA) is 52.3 Å². The first-order chi connectivity index (χ1) is 9.61. The fraction of sp³-hybridized carbons (Fsp3) is 0.250. The van der Waals surface area contributed by atoms with E-state index < -0.39 is 10.8 Å². The van der Waals surface area contributed by atoms with Crippen LogP contribution >= 0.6 is 0 Å². The van der Waals surface area contributed by atoms with Crippen LogP contribution in [0.1, 0.15) is 17.2 Å². The van der Waals surface area contributed by atoms with Crippen LogP contribution in [0, 0.1) is 6.92 Å². The fourth-order valence-corrected chi connectivity index (χ4v) is 3.22. The predicted molar refractivity (Wildman–Crippen MR) is 82.4 cm³/mol. The van der Waals surface area contributed by atoms with Crippen LogP contribution in [0.2, 0.25) is 0 Å². The van der Waals surface area contributed by atoms with Crippen LogP contribution in [0.4, 0.5) is 0 Å². The van der Waals surface area contributed by atoms with E-state index in [1.807, 2.05) is 55.5 Å². The first-order valence-electron chi connectivity index (χ1n) is 6.45. The van der Waals surface area contributed by atoms with E-state index in [4.69, 9.17) is 10.5 Å². The highest BCUT2D eigenvalue weighted by Crippen LogP contribution is 2.26. The molecule has 0 aliphatic heterocycles. The Morgan fingerprint density at radius 1 is 1.20 bits per heavy atom. The van der Waals surface area contributed by atoms with Gasteiger partial charge < -0.3 is 10.5 Å². The average Bonchev–Trinajstić information content (AvgIpc) is 2.48. The van der Waals surface area contributed by atoms with E-state index in [2.05, 4.69) is 0 Å². The maximum atomic E-state index is 12.3. The average molecular weight is 289 g/mol. The summed E-state index contributed by atoms with van der Waals surface area (Å²) in [6.07, 6.45) is 0. The third kappa shape index (κ3) is 3.46. The third-order valence-electron chi connectivity index (χ3n) is 3.12. The molecule has 0 aliphatic rings. The normalized spacial score (nSPS) is 13.8. The molecule has 0 aromatic heterocycles. The van der Waals surface area contributed by atoms with Gasteiger partial charge in [-0.1, -0.05) is 35.9 Å². The maximum Gasteiger partial charge on any atom is 0.123 e. The smallest absolute Gasteiger partial charge is 0.123 e. The number of benzene rings is 2. The summed E-state index contributed by atoms with van der Waals surface area (Å²) in [5.41, 5.74) is 8.22. The number of hydrogen-bond acceptors (Lipinski definition) is 3. The van der Waals surface area contributed by atoms with Crippen molar-refractivity contribution in [3.63, 3.8) is 0 Å². The van der Waals surface area contributed by atoms with E-state index in [-0.39, 0.29) is 6.04 Å². The maximum absolute atomic E-state index is 12.3. The van der Waals surface area contributed by atoms with Crippen molar-refractivity contribution in [1.29, 1.82) is 0 Å². The molecule has 0 fully saturated rings. The Labute approximate surface area is 122 Å². The van der Waals surface area contributed by atoms with Crippen LogP contribution in [-0.2, 0) is 10.8 Å². The van der Waals surface area contributed by atoms with Gasteiger partial charge in [0, 0.05) is 22.3 Å². The Hall–Kier alpha value is -1.65. The van der Waals surface area contributed by atoms with Gasteiger partial charge in [-0.15, -0.1) is 0 Å². The Bertz CT molecular complexity index is 599. The summed E-state index contributed by atoms with van der Waals surface area (Å²) >= 11 is 0. The van der Waals surface area contributed by atoms with Crippen molar-refractivity contribution in [1.82, 2.24) is 0 Å². The van der Waals surface area contributed by atoms with E-state index in [0.29, 0.717) is 5.75 Å². The summed E-state index contributed by atoms with van der Waals surface area (Å²) in [5, 5.41) is 0. The molecule has 2 atom stereocenters. The largest absolute Gasteiger partial charge is 0.496 e. The fourth-order valence-electron chi connectivity index (χ4n) is 2.06. The summed E-state index contributed by atoms with van der Waals surface area (Å²) in [6.45, 7) is 2.00. The molecule has 0 radical (unpaired) electrons. The number of nitrogens with two attached hydrogens (primary N) is 1. The lowest BCUT2D eigenvalue weighted by Gasteiger charge is -2.16. The minimum absolute atomic E-state index is 0.314. The van der Waals surface area contributed by atoms with E-state index in [1.54, 1.807) is 7.11 Å². The summed E-state index contributed by atoms with van der Waals surface area (Å²) in [6, 6.07) is 14.9. The molecular weight excluding hydrogens is 270 g/mol. The lowest BCUT2D eigenvalue weighted by molar-refractivity contribution is 0.407. The first-order valence-corrected chi connectivity index (χ1v) is 7.77. The number of aryl methyl sites for hydroxylation is 1. The number of methoxy groups -OCH3 is 1. The van der Waals surface area contributed by atoms with Crippen LogP contribution in [0.25, 0.3) is 0 Å². The molecule has 3 nitrogen and oxygen atoms in total.